The fraction of sp³-hybridized carbons (Fsp3) is 0.733. The van der Waals surface area contributed by atoms with Crippen LogP contribution in [0.5, 0.6) is 5.88 Å². The Morgan fingerprint density at radius 2 is 2.05 bits per heavy atom. The molecule has 19 heavy (non-hydrogen) atoms. The maximum Gasteiger partial charge on any atom is 0.226 e. The molecule has 0 saturated heterocycles. The van der Waals surface area contributed by atoms with Gasteiger partial charge in [-0.25, -0.2) is 4.98 Å². The summed E-state index contributed by atoms with van der Waals surface area (Å²) in [4.78, 5) is 8.80. The topological polar surface area (TPSA) is 47.0 Å². The molecule has 0 spiro atoms. The lowest BCUT2D eigenvalue weighted by Crippen LogP contribution is -2.30. The third kappa shape index (κ3) is 3.82. The maximum atomic E-state index is 6.14. The highest BCUT2D eigenvalue weighted by atomic mass is 16.5. The Hall–Kier alpha value is -1.32. The van der Waals surface area contributed by atoms with Crippen LogP contribution in [0.1, 0.15) is 51.6 Å². The minimum Gasteiger partial charge on any atom is -0.474 e. The number of aryl methyl sites for hydroxylation is 1. The second kappa shape index (κ2) is 6.73. The van der Waals surface area contributed by atoms with E-state index < -0.39 is 0 Å². The van der Waals surface area contributed by atoms with Crippen LogP contribution in [0, 0.1) is 12.8 Å². The van der Waals surface area contributed by atoms with Gasteiger partial charge in [-0.1, -0.05) is 13.3 Å². The molecule has 1 N–H and O–H groups in total. The Balaban J connectivity index is 2.08. The van der Waals surface area contributed by atoms with Gasteiger partial charge in [0.05, 0.1) is 0 Å². The van der Waals surface area contributed by atoms with Gasteiger partial charge in [-0.2, -0.15) is 4.98 Å². The first-order valence-electron chi connectivity index (χ1n) is 7.49. The van der Waals surface area contributed by atoms with Gasteiger partial charge in [0.1, 0.15) is 6.10 Å². The van der Waals surface area contributed by atoms with E-state index >= 15 is 0 Å². The molecular weight excluding hydrogens is 238 g/mol. The van der Waals surface area contributed by atoms with Crippen molar-refractivity contribution in [3.8, 4) is 5.88 Å². The van der Waals surface area contributed by atoms with E-state index in [0.29, 0.717) is 23.9 Å². The Morgan fingerprint density at radius 1 is 1.26 bits per heavy atom. The van der Waals surface area contributed by atoms with Crippen molar-refractivity contribution in [1.82, 2.24) is 9.97 Å². The summed E-state index contributed by atoms with van der Waals surface area (Å²) in [6, 6.07) is 1.93. The zero-order valence-electron chi connectivity index (χ0n) is 12.3. The van der Waals surface area contributed by atoms with E-state index in [4.69, 9.17) is 4.74 Å². The molecule has 0 aromatic carbocycles. The van der Waals surface area contributed by atoms with Crippen molar-refractivity contribution in [2.45, 2.75) is 59.0 Å². The molecule has 1 aliphatic rings. The number of nitrogens with one attached hydrogen (secondary N) is 1. The Kier molecular flexibility index (Phi) is 5.00. The van der Waals surface area contributed by atoms with E-state index in [2.05, 4.69) is 22.2 Å². The Bertz CT molecular complexity index is 408. The molecule has 4 heteroatoms. The average molecular weight is 263 g/mol. The molecule has 1 aromatic rings. The molecule has 1 aliphatic carbocycles. The molecule has 2 atom stereocenters. The molecule has 0 aliphatic heterocycles. The van der Waals surface area contributed by atoms with Crippen LogP contribution in [-0.4, -0.2) is 22.6 Å². The van der Waals surface area contributed by atoms with Crippen LogP contribution < -0.4 is 10.1 Å². The van der Waals surface area contributed by atoms with Crippen LogP contribution in [0.2, 0.25) is 0 Å². The van der Waals surface area contributed by atoms with Crippen molar-refractivity contribution in [2.24, 2.45) is 5.92 Å². The summed E-state index contributed by atoms with van der Waals surface area (Å²) in [5, 5.41) is 3.15. The molecule has 0 radical (unpaired) electrons. The lowest BCUT2D eigenvalue weighted by molar-refractivity contribution is 0.0858. The number of hydrogen-bond donors (Lipinski definition) is 1. The van der Waals surface area contributed by atoms with Crippen LogP contribution in [0.25, 0.3) is 0 Å². The van der Waals surface area contributed by atoms with Gasteiger partial charge in [-0.15, -0.1) is 0 Å². The van der Waals surface area contributed by atoms with Gasteiger partial charge in [0.15, 0.2) is 0 Å². The van der Waals surface area contributed by atoms with E-state index in [0.717, 1.165) is 18.7 Å². The van der Waals surface area contributed by atoms with E-state index in [9.17, 15) is 0 Å². The predicted octanol–water partition coefficient (Wildman–Crippen LogP) is 3.56. The summed E-state index contributed by atoms with van der Waals surface area (Å²) in [5.74, 6) is 2.06. The first kappa shape index (κ1) is 14.1. The van der Waals surface area contributed by atoms with Crippen molar-refractivity contribution in [2.75, 3.05) is 11.9 Å². The second-order valence-electron chi connectivity index (χ2n) is 5.31. The fourth-order valence-corrected chi connectivity index (χ4v) is 2.79. The fourth-order valence-electron chi connectivity index (χ4n) is 2.79. The third-order valence-corrected chi connectivity index (χ3v) is 3.80. The van der Waals surface area contributed by atoms with Gasteiger partial charge in [-0.05, 0) is 45.4 Å². The highest BCUT2D eigenvalue weighted by Gasteiger charge is 2.25. The zero-order chi connectivity index (χ0) is 13.7. The van der Waals surface area contributed by atoms with Gasteiger partial charge >= 0.3 is 0 Å². The molecule has 1 fully saturated rings. The molecule has 1 heterocycles. The molecule has 1 aromatic heterocycles. The van der Waals surface area contributed by atoms with Gasteiger partial charge in [0.2, 0.25) is 11.8 Å². The summed E-state index contributed by atoms with van der Waals surface area (Å²) in [5.41, 5.74) is 0.949. The lowest BCUT2D eigenvalue weighted by atomic mass is 9.85. The van der Waals surface area contributed by atoms with Gasteiger partial charge in [0.25, 0.3) is 0 Å². The van der Waals surface area contributed by atoms with Crippen LogP contribution in [-0.2, 0) is 0 Å². The smallest absolute Gasteiger partial charge is 0.226 e. The molecule has 0 bridgehead atoms. The molecule has 2 rings (SSSR count). The number of nitrogens with zero attached hydrogens (tertiary/aromatic N) is 2. The largest absolute Gasteiger partial charge is 0.474 e. The summed E-state index contributed by atoms with van der Waals surface area (Å²) in [7, 11) is 0. The molecule has 106 valence electrons. The number of rotatable bonds is 5. The SMILES string of the molecule is CCNc1nc(C)cc(OC2CCCCC2CC)n1. The minimum atomic E-state index is 0.322. The zero-order valence-corrected chi connectivity index (χ0v) is 12.3. The van der Waals surface area contributed by atoms with Crippen LogP contribution >= 0.6 is 0 Å². The van der Waals surface area contributed by atoms with Crippen molar-refractivity contribution in [3.05, 3.63) is 11.8 Å². The van der Waals surface area contributed by atoms with E-state index in [1.807, 2.05) is 19.9 Å². The van der Waals surface area contributed by atoms with E-state index in [-0.39, 0.29) is 0 Å². The molecule has 2 unspecified atom stereocenters. The minimum absolute atomic E-state index is 0.322. The van der Waals surface area contributed by atoms with Crippen LogP contribution in [0.4, 0.5) is 5.95 Å². The highest BCUT2D eigenvalue weighted by molar-refractivity contribution is 5.30. The summed E-state index contributed by atoms with van der Waals surface area (Å²) in [6.07, 6.45) is 6.55. The van der Waals surface area contributed by atoms with Crippen molar-refractivity contribution in [3.63, 3.8) is 0 Å². The van der Waals surface area contributed by atoms with Crippen molar-refractivity contribution < 1.29 is 4.74 Å². The standard InChI is InChI=1S/C15H25N3O/c1-4-12-8-6-7-9-13(12)19-14-10-11(3)17-15(18-14)16-5-2/h10,12-13H,4-9H2,1-3H3,(H,16,17,18). The summed E-state index contributed by atoms with van der Waals surface area (Å²) >= 11 is 0. The third-order valence-electron chi connectivity index (χ3n) is 3.80. The Morgan fingerprint density at radius 3 is 2.79 bits per heavy atom. The first-order valence-corrected chi connectivity index (χ1v) is 7.49. The second-order valence-corrected chi connectivity index (χ2v) is 5.31. The first-order chi connectivity index (χ1) is 9.22. The van der Waals surface area contributed by atoms with Crippen LogP contribution in [0.15, 0.2) is 6.07 Å². The average Bonchev–Trinajstić information content (AvgIpc) is 2.39. The molecule has 4 nitrogen and oxygen atoms in total. The normalized spacial score (nSPS) is 23.1. The maximum absolute atomic E-state index is 6.14. The Labute approximate surface area is 116 Å². The van der Waals surface area contributed by atoms with Gasteiger partial charge < -0.3 is 10.1 Å². The quantitative estimate of drug-likeness (QED) is 0.882. The molecule has 0 amide bonds. The van der Waals surface area contributed by atoms with Crippen molar-refractivity contribution in [1.29, 1.82) is 0 Å². The van der Waals surface area contributed by atoms with Crippen molar-refractivity contribution >= 4 is 5.95 Å². The summed E-state index contributed by atoms with van der Waals surface area (Å²) in [6.45, 7) is 7.10. The number of ether oxygens (including phenoxy) is 1. The summed E-state index contributed by atoms with van der Waals surface area (Å²) < 4.78 is 6.14. The number of anilines is 1. The monoisotopic (exact) mass is 263 g/mol. The lowest BCUT2D eigenvalue weighted by Gasteiger charge is -2.30. The van der Waals surface area contributed by atoms with E-state index in [1.54, 1.807) is 0 Å². The van der Waals surface area contributed by atoms with E-state index in [1.165, 1.54) is 25.7 Å². The number of aromatic nitrogens is 2. The molecular formula is C15H25N3O. The number of hydrogen-bond acceptors (Lipinski definition) is 4. The van der Waals surface area contributed by atoms with Gasteiger partial charge in [-0.3, -0.25) is 0 Å². The predicted molar refractivity (Wildman–Crippen MR) is 77.6 cm³/mol. The van der Waals surface area contributed by atoms with Gasteiger partial charge in [0, 0.05) is 18.3 Å². The molecule has 1 saturated carbocycles. The van der Waals surface area contributed by atoms with Crippen LogP contribution in [0.3, 0.4) is 0 Å². The highest BCUT2D eigenvalue weighted by Crippen LogP contribution is 2.30.